The Morgan fingerprint density at radius 2 is 1.81 bits per heavy atom. The summed E-state index contributed by atoms with van der Waals surface area (Å²) in [4.78, 5) is 32.6. The smallest absolute Gasteiger partial charge is 0.339 e. The van der Waals surface area contributed by atoms with Crippen molar-refractivity contribution in [2.45, 2.75) is 6.54 Å². The van der Waals surface area contributed by atoms with Gasteiger partial charge in [0.05, 0.1) is 42.5 Å². The minimum absolute atomic E-state index is 0.234. The van der Waals surface area contributed by atoms with E-state index in [9.17, 15) is 9.59 Å². The van der Waals surface area contributed by atoms with Crippen LogP contribution in [0.3, 0.4) is 0 Å². The molecule has 7 heteroatoms. The molecule has 0 radical (unpaired) electrons. The molecule has 1 amide bonds. The van der Waals surface area contributed by atoms with E-state index in [1.807, 2.05) is 18.2 Å². The van der Waals surface area contributed by atoms with Gasteiger partial charge in [-0.1, -0.05) is 18.2 Å². The Labute approximate surface area is 156 Å². The number of hydrogen-bond donors (Lipinski definition) is 2. The summed E-state index contributed by atoms with van der Waals surface area (Å²) >= 11 is 0. The number of hydrogen-bond acceptors (Lipinski definition) is 6. The van der Waals surface area contributed by atoms with E-state index in [2.05, 4.69) is 20.6 Å². The van der Waals surface area contributed by atoms with E-state index < -0.39 is 11.9 Å². The van der Waals surface area contributed by atoms with Gasteiger partial charge in [-0.25, -0.2) is 9.78 Å². The van der Waals surface area contributed by atoms with Crippen LogP contribution in [0.1, 0.15) is 26.5 Å². The van der Waals surface area contributed by atoms with Crippen LogP contribution in [-0.4, -0.2) is 29.0 Å². The molecule has 1 aromatic carbocycles. The summed E-state index contributed by atoms with van der Waals surface area (Å²) in [6, 6.07) is 15.7. The monoisotopic (exact) mass is 362 g/mol. The van der Waals surface area contributed by atoms with Crippen molar-refractivity contribution < 1.29 is 14.3 Å². The Bertz CT molecular complexity index is 927. The number of amides is 1. The molecule has 3 rings (SSSR count). The number of ether oxygens (including phenoxy) is 1. The predicted octanol–water partition coefficient (Wildman–Crippen LogP) is 3.13. The summed E-state index contributed by atoms with van der Waals surface area (Å²) in [6.07, 6.45) is 3.30. The molecule has 0 saturated carbocycles. The Hall–Kier alpha value is -3.74. The summed E-state index contributed by atoms with van der Waals surface area (Å²) < 4.78 is 4.72. The average Bonchev–Trinajstić information content (AvgIpc) is 2.73. The number of pyridine rings is 2. The first-order valence-electron chi connectivity index (χ1n) is 8.26. The Balaban J connectivity index is 1.65. The maximum atomic E-state index is 12.4. The van der Waals surface area contributed by atoms with E-state index in [-0.39, 0.29) is 11.3 Å². The zero-order valence-corrected chi connectivity index (χ0v) is 14.7. The molecular weight excluding hydrogens is 344 g/mol. The van der Waals surface area contributed by atoms with Crippen molar-refractivity contribution in [3.8, 4) is 0 Å². The minimum Gasteiger partial charge on any atom is -0.465 e. The first-order chi connectivity index (χ1) is 13.2. The van der Waals surface area contributed by atoms with Crippen LogP contribution in [0.15, 0.2) is 67.0 Å². The molecule has 27 heavy (non-hydrogen) atoms. The minimum atomic E-state index is -0.520. The third kappa shape index (κ3) is 4.66. The molecule has 0 unspecified atom stereocenters. The summed E-state index contributed by atoms with van der Waals surface area (Å²) in [5.74, 6) is -0.935. The molecule has 0 atom stereocenters. The van der Waals surface area contributed by atoms with Gasteiger partial charge in [0.2, 0.25) is 0 Å². The van der Waals surface area contributed by atoms with E-state index in [1.54, 1.807) is 48.8 Å². The van der Waals surface area contributed by atoms with Crippen LogP contribution in [0.4, 0.5) is 11.4 Å². The highest BCUT2D eigenvalue weighted by molar-refractivity contribution is 6.07. The first-order valence-corrected chi connectivity index (χ1v) is 8.26. The van der Waals surface area contributed by atoms with E-state index in [4.69, 9.17) is 4.74 Å². The highest BCUT2D eigenvalue weighted by Crippen LogP contribution is 2.17. The van der Waals surface area contributed by atoms with Crippen molar-refractivity contribution in [2.24, 2.45) is 0 Å². The van der Waals surface area contributed by atoms with Gasteiger partial charge in [-0.15, -0.1) is 0 Å². The highest BCUT2D eigenvalue weighted by Gasteiger charge is 2.14. The number of esters is 1. The lowest BCUT2D eigenvalue weighted by molar-refractivity contribution is 0.0602. The summed E-state index contributed by atoms with van der Waals surface area (Å²) in [6.45, 7) is 0.556. The van der Waals surface area contributed by atoms with Crippen LogP contribution >= 0.6 is 0 Å². The van der Waals surface area contributed by atoms with Gasteiger partial charge in [-0.05, 0) is 36.4 Å². The number of nitrogens with one attached hydrogen (secondary N) is 2. The van der Waals surface area contributed by atoms with Crippen LogP contribution in [0, 0.1) is 0 Å². The maximum Gasteiger partial charge on any atom is 0.339 e. The molecule has 136 valence electrons. The first kappa shape index (κ1) is 18.1. The summed E-state index contributed by atoms with van der Waals surface area (Å²) in [5, 5.41) is 5.88. The van der Waals surface area contributed by atoms with Crippen LogP contribution < -0.4 is 10.6 Å². The van der Waals surface area contributed by atoms with Crippen molar-refractivity contribution in [3.05, 3.63) is 83.9 Å². The Kier molecular flexibility index (Phi) is 5.73. The van der Waals surface area contributed by atoms with Gasteiger partial charge in [0, 0.05) is 6.20 Å². The summed E-state index contributed by atoms with van der Waals surface area (Å²) in [5.41, 5.74) is 2.56. The molecule has 0 fully saturated rings. The third-order valence-corrected chi connectivity index (χ3v) is 3.78. The van der Waals surface area contributed by atoms with Gasteiger partial charge in [0.25, 0.3) is 5.91 Å². The van der Waals surface area contributed by atoms with E-state index in [0.717, 1.165) is 11.4 Å². The van der Waals surface area contributed by atoms with Crippen molar-refractivity contribution in [1.29, 1.82) is 0 Å². The van der Waals surface area contributed by atoms with Crippen molar-refractivity contribution in [2.75, 3.05) is 17.7 Å². The quantitative estimate of drug-likeness (QED) is 0.655. The number of methoxy groups -OCH3 is 1. The topological polar surface area (TPSA) is 93.2 Å². The van der Waals surface area contributed by atoms with E-state index in [1.165, 1.54) is 7.11 Å². The second-order valence-corrected chi connectivity index (χ2v) is 5.60. The molecule has 2 heterocycles. The van der Waals surface area contributed by atoms with Gasteiger partial charge in [-0.2, -0.15) is 0 Å². The Morgan fingerprint density at radius 3 is 2.52 bits per heavy atom. The van der Waals surface area contributed by atoms with Crippen LogP contribution in [0.25, 0.3) is 0 Å². The lowest BCUT2D eigenvalue weighted by Crippen LogP contribution is -2.16. The molecule has 7 nitrogen and oxygen atoms in total. The molecular formula is C20H18N4O3. The fourth-order valence-electron chi connectivity index (χ4n) is 2.39. The summed E-state index contributed by atoms with van der Waals surface area (Å²) in [7, 11) is 1.29. The zero-order chi connectivity index (χ0) is 19.1. The zero-order valence-electron chi connectivity index (χ0n) is 14.7. The van der Waals surface area contributed by atoms with Gasteiger partial charge in [0.15, 0.2) is 0 Å². The molecule has 2 aromatic heterocycles. The molecule has 0 aliphatic rings. The maximum absolute atomic E-state index is 12.4. The van der Waals surface area contributed by atoms with Gasteiger partial charge < -0.3 is 15.4 Å². The fraction of sp³-hybridized carbons (Fsp3) is 0.100. The average molecular weight is 362 g/mol. The number of aromatic nitrogens is 2. The molecule has 3 aromatic rings. The molecule has 0 aliphatic heterocycles. The van der Waals surface area contributed by atoms with Crippen LogP contribution in [-0.2, 0) is 11.3 Å². The number of nitrogens with zero attached hydrogens (tertiary/aromatic N) is 2. The molecule has 0 spiro atoms. The molecule has 0 bridgehead atoms. The number of benzene rings is 1. The number of anilines is 2. The molecule has 0 saturated heterocycles. The fourth-order valence-corrected chi connectivity index (χ4v) is 2.39. The predicted molar refractivity (Wildman–Crippen MR) is 102 cm³/mol. The van der Waals surface area contributed by atoms with Crippen molar-refractivity contribution >= 4 is 23.3 Å². The van der Waals surface area contributed by atoms with Crippen molar-refractivity contribution in [3.63, 3.8) is 0 Å². The Morgan fingerprint density at radius 1 is 1.00 bits per heavy atom. The third-order valence-electron chi connectivity index (χ3n) is 3.78. The van der Waals surface area contributed by atoms with E-state index >= 15 is 0 Å². The van der Waals surface area contributed by atoms with Crippen molar-refractivity contribution in [1.82, 2.24) is 9.97 Å². The SMILES string of the molecule is COC(=O)c1ccccc1NC(=O)c1ccc(NCc2ccccn2)cn1. The lowest BCUT2D eigenvalue weighted by Gasteiger charge is -2.10. The van der Waals surface area contributed by atoms with Gasteiger partial charge in [0.1, 0.15) is 5.69 Å². The molecule has 2 N–H and O–H groups in total. The van der Waals surface area contributed by atoms with Gasteiger partial charge in [-0.3, -0.25) is 9.78 Å². The molecule has 0 aliphatic carbocycles. The number of carbonyl (C=O) groups excluding carboxylic acids is 2. The lowest BCUT2D eigenvalue weighted by atomic mass is 10.1. The standard InChI is InChI=1S/C20H18N4O3/c1-27-20(26)16-7-2-3-8-17(16)24-19(25)18-10-9-15(13-23-18)22-12-14-6-4-5-11-21-14/h2-11,13,22H,12H2,1H3,(H,24,25). The number of carbonyl (C=O) groups is 2. The van der Waals surface area contributed by atoms with Crippen LogP contribution in [0.5, 0.6) is 0 Å². The van der Waals surface area contributed by atoms with Crippen LogP contribution in [0.2, 0.25) is 0 Å². The number of rotatable bonds is 6. The largest absolute Gasteiger partial charge is 0.465 e. The van der Waals surface area contributed by atoms with E-state index in [0.29, 0.717) is 12.2 Å². The highest BCUT2D eigenvalue weighted by atomic mass is 16.5. The second kappa shape index (κ2) is 8.57. The number of para-hydroxylation sites is 1. The normalized spacial score (nSPS) is 10.1. The van der Waals surface area contributed by atoms with Gasteiger partial charge >= 0.3 is 5.97 Å². The second-order valence-electron chi connectivity index (χ2n) is 5.60.